The number of nitrogens with zero attached hydrogens (tertiary/aromatic N) is 3. The molecule has 1 atom stereocenters. The van der Waals surface area contributed by atoms with Crippen LogP contribution in [0.5, 0.6) is 0 Å². The minimum Gasteiger partial charge on any atom is -0.355 e. The summed E-state index contributed by atoms with van der Waals surface area (Å²) < 4.78 is 0. The molecule has 0 spiro atoms. The van der Waals surface area contributed by atoms with Gasteiger partial charge in [-0.25, -0.2) is 0 Å². The predicted molar refractivity (Wildman–Crippen MR) is 109 cm³/mol. The molecule has 2 aromatic rings. The Labute approximate surface area is 166 Å². The SMILES string of the molecule is O=C(NC1CCCc2ccccc21)C1CCN(c2cc3c(nn2)CCC3)CC1. The fourth-order valence-electron chi connectivity index (χ4n) is 5.04. The van der Waals surface area contributed by atoms with Gasteiger partial charge in [-0.3, -0.25) is 4.79 Å². The summed E-state index contributed by atoms with van der Waals surface area (Å²) in [5, 5.41) is 12.2. The van der Waals surface area contributed by atoms with Crippen molar-refractivity contribution in [3.05, 3.63) is 52.7 Å². The number of rotatable bonds is 3. The van der Waals surface area contributed by atoms with Gasteiger partial charge in [-0.2, -0.15) is 5.10 Å². The van der Waals surface area contributed by atoms with Gasteiger partial charge in [-0.1, -0.05) is 24.3 Å². The molecule has 0 radical (unpaired) electrons. The molecule has 5 rings (SSSR count). The van der Waals surface area contributed by atoms with E-state index < -0.39 is 0 Å². The predicted octanol–water partition coefficient (Wildman–Crippen LogP) is 3.38. The van der Waals surface area contributed by atoms with Crippen LogP contribution in [0, 0.1) is 5.92 Å². The van der Waals surface area contributed by atoms with Gasteiger partial charge >= 0.3 is 0 Å². The Morgan fingerprint density at radius 3 is 2.68 bits per heavy atom. The molecule has 1 aromatic carbocycles. The molecule has 1 amide bonds. The fraction of sp³-hybridized carbons (Fsp3) is 0.522. The van der Waals surface area contributed by atoms with Gasteiger partial charge in [0.25, 0.3) is 0 Å². The second kappa shape index (κ2) is 7.53. The van der Waals surface area contributed by atoms with Crippen molar-refractivity contribution in [1.29, 1.82) is 0 Å². The van der Waals surface area contributed by atoms with Crippen LogP contribution >= 0.6 is 0 Å². The second-order valence-electron chi connectivity index (χ2n) is 8.44. The Balaban J connectivity index is 1.20. The minimum absolute atomic E-state index is 0.104. The van der Waals surface area contributed by atoms with E-state index in [9.17, 15) is 4.79 Å². The van der Waals surface area contributed by atoms with Crippen molar-refractivity contribution in [2.75, 3.05) is 18.0 Å². The molecule has 5 heteroatoms. The lowest BCUT2D eigenvalue weighted by atomic mass is 9.87. The lowest BCUT2D eigenvalue weighted by molar-refractivity contribution is -0.126. The molecule has 1 fully saturated rings. The van der Waals surface area contributed by atoms with E-state index >= 15 is 0 Å². The Hall–Kier alpha value is -2.43. The molecule has 2 aliphatic carbocycles. The average Bonchev–Trinajstić information content (AvgIpc) is 3.22. The highest BCUT2D eigenvalue weighted by Crippen LogP contribution is 2.31. The van der Waals surface area contributed by atoms with Crippen LogP contribution < -0.4 is 10.2 Å². The van der Waals surface area contributed by atoms with E-state index in [4.69, 9.17) is 0 Å². The summed E-state index contributed by atoms with van der Waals surface area (Å²) in [6, 6.07) is 10.9. The van der Waals surface area contributed by atoms with E-state index in [1.807, 2.05) is 0 Å². The molecule has 1 aromatic heterocycles. The normalized spacial score (nSPS) is 21.9. The highest BCUT2D eigenvalue weighted by molar-refractivity contribution is 5.79. The van der Waals surface area contributed by atoms with Gasteiger partial charge in [0.15, 0.2) is 5.82 Å². The molecule has 1 aliphatic heterocycles. The minimum atomic E-state index is 0.104. The van der Waals surface area contributed by atoms with Crippen LogP contribution in [0.1, 0.15) is 60.5 Å². The molecule has 0 saturated carbocycles. The van der Waals surface area contributed by atoms with Crippen LogP contribution in [0.4, 0.5) is 5.82 Å². The van der Waals surface area contributed by atoms with Crippen LogP contribution in [0.2, 0.25) is 0 Å². The van der Waals surface area contributed by atoms with E-state index in [2.05, 4.69) is 50.7 Å². The Morgan fingerprint density at radius 2 is 1.79 bits per heavy atom. The summed E-state index contributed by atoms with van der Waals surface area (Å²) in [5.41, 5.74) is 5.24. The smallest absolute Gasteiger partial charge is 0.223 e. The molecule has 1 saturated heterocycles. The number of piperidine rings is 1. The highest BCUT2D eigenvalue weighted by atomic mass is 16.1. The zero-order valence-corrected chi connectivity index (χ0v) is 16.4. The molecule has 3 aliphatic rings. The topological polar surface area (TPSA) is 58.1 Å². The maximum Gasteiger partial charge on any atom is 0.223 e. The highest BCUT2D eigenvalue weighted by Gasteiger charge is 2.29. The number of carbonyl (C=O) groups excluding carboxylic acids is 1. The number of fused-ring (bicyclic) bond motifs is 2. The lowest BCUT2D eigenvalue weighted by Gasteiger charge is -2.33. The van der Waals surface area contributed by atoms with Gasteiger partial charge in [0.05, 0.1) is 11.7 Å². The third kappa shape index (κ3) is 3.38. The third-order valence-electron chi connectivity index (χ3n) is 6.68. The molecular weight excluding hydrogens is 348 g/mol. The summed E-state index contributed by atoms with van der Waals surface area (Å²) in [6.07, 6.45) is 8.49. The van der Waals surface area contributed by atoms with Crippen molar-refractivity contribution in [3.8, 4) is 0 Å². The molecule has 1 N–H and O–H groups in total. The van der Waals surface area contributed by atoms with E-state index in [1.165, 1.54) is 28.8 Å². The first-order chi connectivity index (χ1) is 13.8. The number of hydrogen-bond acceptors (Lipinski definition) is 4. The zero-order chi connectivity index (χ0) is 18.9. The number of benzene rings is 1. The lowest BCUT2D eigenvalue weighted by Crippen LogP contribution is -2.42. The number of amides is 1. The van der Waals surface area contributed by atoms with Crippen LogP contribution in [0.25, 0.3) is 0 Å². The van der Waals surface area contributed by atoms with Gasteiger partial charge in [0, 0.05) is 19.0 Å². The first-order valence-corrected chi connectivity index (χ1v) is 10.8. The number of nitrogens with one attached hydrogen (secondary N) is 1. The molecule has 5 nitrogen and oxygen atoms in total. The fourth-order valence-corrected chi connectivity index (χ4v) is 5.04. The molecular formula is C23H28N4O. The van der Waals surface area contributed by atoms with E-state index in [-0.39, 0.29) is 17.9 Å². The van der Waals surface area contributed by atoms with Crippen molar-refractivity contribution in [3.63, 3.8) is 0 Å². The summed E-state index contributed by atoms with van der Waals surface area (Å²) in [4.78, 5) is 15.2. The van der Waals surface area contributed by atoms with Gasteiger partial charge in [-0.15, -0.1) is 5.10 Å². The number of hydrogen-bond donors (Lipinski definition) is 1. The van der Waals surface area contributed by atoms with Gasteiger partial charge in [0.2, 0.25) is 5.91 Å². The van der Waals surface area contributed by atoms with Crippen molar-refractivity contribution in [2.24, 2.45) is 5.92 Å². The van der Waals surface area contributed by atoms with Gasteiger partial charge in [-0.05, 0) is 74.1 Å². The quantitative estimate of drug-likeness (QED) is 0.892. The van der Waals surface area contributed by atoms with Crippen molar-refractivity contribution < 1.29 is 4.79 Å². The number of carbonyl (C=O) groups is 1. The third-order valence-corrected chi connectivity index (χ3v) is 6.68. The Bertz CT molecular complexity index is 873. The summed E-state index contributed by atoms with van der Waals surface area (Å²) in [5.74, 6) is 1.31. The first-order valence-electron chi connectivity index (χ1n) is 10.8. The Kier molecular flexibility index (Phi) is 4.75. The summed E-state index contributed by atoms with van der Waals surface area (Å²) in [6.45, 7) is 1.76. The summed E-state index contributed by atoms with van der Waals surface area (Å²) in [7, 11) is 0. The maximum absolute atomic E-state index is 12.9. The van der Waals surface area contributed by atoms with Crippen LogP contribution in [0.3, 0.4) is 0 Å². The van der Waals surface area contributed by atoms with Crippen molar-refractivity contribution in [1.82, 2.24) is 15.5 Å². The standard InChI is InChI=1S/C23H28N4O/c28-23(24-21-10-3-6-16-5-1-2-8-19(16)21)17-11-13-27(14-12-17)22-15-18-7-4-9-20(18)25-26-22/h1-2,5,8,15,17,21H,3-4,6-7,9-14H2,(H,24,28). The van der Waals surface area contributed by atoms with Crippen molar-refractivity contribution in [2.45, 2.75) is 57.4 Å². The van der Waals surface area contributed by atoms with Crippen LogP contribution in [-0.2, 0) is 24.1 Å². The zero-order valence-electron chi connectivity index (χ0n) is 16.4. The van der Waals surface area contributed by atoms with E-state index in [0.717, 1.165) is 63.9 Å². The number of anilines is 1. The first kappa shape index (κ1) is 17.7. The van der Waals surface area contributed by atoms with Gasteiger partial charge < -0.3 is 10.2 Å². The van der Waals surface area contributed by atoms with Crippen LogP contribution in [-0.4, -0.2) is 29.2 Å². The van der Waals surface area contributed by atoms with Gasteiger partial charge in [0.1, 0.15) is 0 Å². The molecule has 1 unspecified atom stereocenters. The largest absolute Gasteiger partial charge is 0.355 e. The number of aryl methyl sites for hydroxylation is 3. The molecule has 146 valence electrons. The van der Waals surface area contributed by atoms with E-state index in [1.54, 1.807) is 0 Å². The van der Waals surface area contributed by atoms with Crippen LogP contribution in [0.15, 0.2) is 30.3 Å². The molecule has 28 heavy (non-hydrogen) atoms. The summed E-state index contributed by atoms with van der Waals surface area (Å²) >= 11 is 0. The molecule has 0 bridgehead atoms. The van der Waals surface area contributed by atoms with Crippen molar-refractivity contribution >= 4 is 11.7 Å². The number of aromatic nitrogens is 2. The maximum atomic E-state index is 12.9. The van der Waals surface area contributed by atoms with E-state index in [0.29, 0.717) is 0 Å². The average molecular weight is 377 g/mol. The molecule has 2 heterocycles. The monoisotopic (exact) mass is 376 g/mol. The second-order valence-corrected chi connectivity index (χ2v) is 8.44. The Morgan fingerprint density at radius 1 is 0.964 bits per heavy atom.